The maximum atomic E-state index is 13.8. The van der Waals surface area contributed by atoms with Crippen LogP contribution in [0.2, 0.25) is 0 Å². The average molecular weight is 234 g/mol. The summed E-state index contributed by atoms with van der Waals surface area (Å²) < 4.78 is 27.6. The van der Waals surface area contributed by atoms with Crippen LogP contribution in [0.5, 0.6) is 0 Å². The third kappa shape index (κ3) is 2.47. The van der Waals surface area contributed by atoms with Crippen molar-refractivity contribution >= 4 is 12.4 Å². The van der Waals surface area contributed by atoms with Gasteiger partial charge in [-0.25, -0.2) is 0 Å². The Hall–Kier alpha value is -0.670. The van der Waals surface area contributed by atoms with Crippen molar-refractivity contribution < 1.29 is 8.78 Å². The molecule has 1 unspecified atom stereocenters. The Morgan fingerprint density at radius 3 is 2.40 bits per heavy atom. The van der Waals surface area contributed by atoms with E-state index in [4.69, 9.17) is 0 Å². The molecule has 1 aliphatic heterocycles. The van der Waals surface area contributed by atoms with E-state index in [9.17, 15) is 8.78 Å². The van der Waals surface area contributed by atoms with E-state index < -0.39 is 12.0 Å². The zero-order valence-electron chi connectivity index (χ0n) is 8.25. The van der Waals surface area contributed by atoms with Crippen molar-refractivity contribution in [2.24, 2.45) is 0 Å². The summed E-state index contributed by atoms with van der Waals surface area (Å²) in [4.78, 5) is 0. The summed E-state index contributed by atoms with van der Waals surface area (Å²) in [6.45, 7) is 0.701. The molecular formula is C11H14ClF2N. The molecule has 0 spiro atoms. The molecule has 15 heavy (non-hydrogen) atoms. The van der Waals surface area contributed by atoms with Gasteiger partial charge in [-0.1, -0.05) is 30.3 Å². The van der Waals surface area contributed by atoms with Crippen molar-refractivity contribution in [3.63, 3.8) is 0 Å². The van der Waals surface area contributed by atoms with Crippen LogP contribution in [-0.4, -0.2) is 12.6 Å². The summed E-state index contributed by atoms with van der Waals surface area (Å²) in [5, 5.41) is 2.85. The fraction of sp³-hybridized carbons (Fsp3) is 0.455. The van der Waals surface area contributed by atoms with Crippen LogP contribution in [0.15, 0.2) is 30.3 Å². The van der Waals surface area contributed by atoms with E-state index in [-0.39, 0.29) is 18.0 Å². The lowest BCUT2D eigenvalue weighted by Gasteiger charge is -2.23. The van der Waals surface area contributed by atoms with Gasteiger partial charge in [0, 0.05) is 5.56 Å². The Morgan fingerprint density at radius 2 is 1.87 bits per heavy atom. The fourth-order valence-electron chi connectivity index (χ4n) is 1.86. The Balaban J connectivity index is 0.00000112. The van der Waals surface area contributed by atoms with E-state index in [1.165, 1.54) is 12.1 Å². The standard InChI is InChI=1S/C11H13F2N.ClH/c12-11(13,10-7-4-8-14-10)9-5-2-1-3-6-9;/h1-3,5-6,10,14H,4,7-8H2;1H. The summed E-state index contributed by atoms with van der Waals surface area (Å²) in [7, 11) is 0. The SMILES string of the molecule is Cl.FC(F)(c1ccccc1)C1CCCN1. The number of rotatable bonds is 2. The van der Waals surface area contributed by atoms with E-state index >= 15 is 0 Å². The van der Waals surface area contributed by atoms with Crippen molar-refractivity contribution in [1.82, 2.24) is 5.32 Å². The molecule has 0 amide bonds. The summed E-state index contributed by atoms with van der Waals surface area (Å²) in [6.07, 6.45) is 1.40. The van der Waals surface area contributed by atoms with Gasteiger partial charge in [0.2, 0.25) is 0 Å². The third-order valence-electron chi connectivity index (χ3n) is 2.66. The monoisotopic (exact) mass is 233 g/mol. The Bertz CT molecular complexity index is 297. The van der Waals surface area contributed by atoms with Gasteiger partial charge in [-0.05, 0) is 19.4 Å². The number of nitrogens with one attached hydrogen (secondary N) is 1. The molecule has 1 aromatic carbocycles. The van der Waals surface area contributed by atoms with E-state index in [0.717, 1.165) is 6.42 Å². The van der Waals surface area contributed by atoms with Gasteiger partial charge in [-0.15, -0.1) is 12.4 Å². The zero-order chi connectivity index (χ0) is 10.0. The topological polar surface area (TPSA) is 12.0 Å². The lowest BCUT2D eigenvalue weighted by Crippen LogP contribution is -2.38. The van der Waals surface area contributed by atoms with Gasteiger partial charge in [0.05, 0.1) is 6.04 Å². The number of benzene rings is 1. The fourth-order valence-corrected chi connectivity index (χ4v) is 1.86. The first-order chi connectivity index (χ1) is 6.71. The summed E-state index contributed by atoms with van der Waals surface area (Å²) in [5.74, 6) is -2.74. The lowest BCUT2D eigenvalue weighted by atomic mass is 10.00. The smallest absolute Gasteiger partial charge is 0.288 e. The molecule has 0 saturated carbocycles. The first-order valence-corrected chi connectivity index (χ1v) is 4.88. The predicted molar refractivity (Wildman–Crippen MR) is 58.6 cm³/mol. The molecule has 1 N–H and O–H groups in total. The predicted octanol–water partition coefficient (Wildman–Crippen LogP) is 2.95. The molecule has 1 aromatic rings. The number of alkyl halides is 2. The van der Waals surface area contributed by atoms with Gasteiger partial charge < -0.3 is 5.32 Å². The molecular weight excluding hydrogens is 220 g/mol. The highest BCUT2D eigenvalue weighted by atomic mass is 35.5. The van der Waals surface area contributed by atoms with Gasteiger partial charge >= 0.3 is 0 Å². The molecule has 0 aliphatic carbocycles. The first kappa shape index (κ1) is 12.4. The molecule has 1 saturated heterocycles. The van der Waals surface area contributed by atoms with Crippen LogP contribution in [-0.2, 0) is 5.92 Å². The van der Waals surface area contributed by atoms with Gasteiger partial charge in [0.1, 0.15) is 0 Å². The first-order valence-electron chi connectivity index (χ1n) is 4.88. The molecule has 0 radical (unpaired) electrons. The van der Waals surface area contributed by atoms with E-state index in [1.54, 1.807) is 18.2 Å². The van der Waals surface area contributed by atoms with E-state index in [0.29, 0.717) is 13.0 Å². The Morgan fingerprint density at radius 1 is 1.20 bits per heavy atom. The van der Waals surface area contributed by atoms with Gasteiger partial charge in [0.15, 0.2) is 0 Å². The molecule has 1 nitrogen and oxygen atoms in total. The summed E-state index contributed by atoms with van der Waals surface area (Å²) >= 11 is 0. The molecule has 1 heterocycles. The van der Waals surface area contributed by atoms with Crippen LogP contribution >= 0.6 is 12.4 Å². The minimum atomic E-state index is -2.74. The van der Waals surface area contributed by atoms with Crippen LogP contribution in [0, 0.1) is 0 Å². The molecule has 1 atom stereocenters. The van der Waals surface area contributed by atoms with Crippen LogP contribution in [0.4, 0.5) is 8.78 Å². The maximum Gasteiger partial charge on any atom is 0.288 e. The quantitative estimate of drug-likeness (QED) is 0.828. The molecule has 0 bridgehead atoms. The van der Waals surface area contributed by atoms with Gasteiger partial charge in [-0.3, -0.25) is 0 Å². The van der Waals surface area contributed by atoms with Crippen molar-refractivity contribution in [3.8, 4) is 0 Å². The van der Waals surface area contributed by atoms with Gasteiger partial charge in [0.25, 0.3) is 5.92 Å². The van der Waals surface area contributed by atoms with Gasteiger partial charge in [-0.2, -0.15) is 8.78 Å². The lowest BCUT2D eigenvalue weighted by molar-refractivity contribution is -0.0376. The normalized spacial score (nSPS) is 21.1. The highest BCUT2D eigenvalue weighted by Gasteiger charge is 2.42. The largest absolute Gasteiger partial charge is 0.308 e. The van der Waals surface area contributed by atoms with Crippen molar-refractivity contribution in [3.05, 3.63) is 35.9 Å². The highest BCUT2D eigenvalue weighted by Crippen LogP contribution is 2.35. The molecule has 84 valence electrons. The summed E-state index contributed by atoms with van der Waals surface area (Å²) in [6, 6.07) is 7.34. The van der Waals surface area contributed by atoms with Crippen LogP contribution in [0.3, 0.4) is 0 Å². The van der Waals surface area contributed by atoms with Crippen LogP contribution < -0.4 is 5.32 Å². The molecule has 0 aromatic heterocycles. The minimum absolute atomic E-state index is 0. The van der Waals surface area contributed by atoms with Crippen molar-refractivity contribution in [1.29, 1.82) is 0 Å². The highest BCUT2D eigenvalue weighted by molar-refractivity contribution is 5.85. The minimum Gasteiger partial charge on any atom is -0.308 e. The van der Waals surface area contributed by atoms with Crippen molar-refractivity contribution in [2.75, 3.05) is 6.54 Å². The number of halogens is 3. The second-order valence-electron chi connectivity index (χ2n) is 3.64. The second kappa shape index (κ2) is 4.90. The van der Waals surface area contributed by atoms with E-state index in [2.05, 4.69) is 5.32 Å². The van der Waals surface area contributed by atoms with Crippen molar-refractivity contribution in [2.45, 2.75) is 24.8 Å². The van der Waals surface area contributed by atoms with Crippen LogP contribution in [0.25, 0.3) is 0 Å². The zero-order valence-corrected chi connectivity index (χ0v) is 9.07. The Labute approximate surface area is 94.3 Å². The number of hydrogen-bond acceptors (Lipinski definition) is 1. The third-order valence-corrected chi connectivity index (χ3v) is 2.66. The summed E-state index contributed by atoms with van der Waals surface area (Å²) in [5.41, 5.74) is 0.111. The van der Waals surface area contributed by atoms with E-state index in [1.807, 2.05) is 0 Å². The second-order valence-corrected chi connectivity index (χ2v) is 3.64. The molecule has 4 heteroatoms. The number of hydrogen-bond donors (Lipinski definition) is 1. The molecule has 1 aliphatic rings. The Kier molecular flexibility index (Phi) is 4.05. The maximum absolute atomic E-state index is 13.8. The van der Waals surface area contributed by atoms with Crippen LogP contribution in [0.1, 0.15) is 18.4 Å². The molecule has 1 fully saturated rings. The molecule has 2 rings (SSSR count). The average Bonchev–Trinajstić information content (AvgIpc) is 2.72.